The van der Waals surface area contributed by atoms with Crippen molar-refractivity contribution in [3.05, 3.63) is 70.2 Å². The van der Waals surface area contributed by atoms with Crippen LogP contribution in [0.15, 0.2) is 48.5 Å². The van der Waals surface area contributed by atoms with E-state index in [0.717, 1.165) is 35.8 Å². The zero-order valence-electron chi connectivity index (χ0n) is 16.6. The normalized spacial score (nSPS) is 12.0. The number of fused-ring (bicyclic) bond motifs is 1. The molecule has 0 bridgehead atoms. The van der Waals surface area contributed by atoms with Crippen LogP contribution in [0.5, 0.6) is 0 Å². The van der Waals surface area contributed by atoms with E-state index in [2.05, 4.69) is 6.92 Å². The molecule has 1 unspecified atom stereocenters. The molecule has 0 fully saturated rings. The van der Waals surface area contributed by atoms with E-state index in [0.29, 0.717) is 39.7 Å². The van der Waals surface area contributed by atoms with Gasteiger partial charge in [-0.05, 0) is 53.4 Å². The maximum Gasteiger partial charge on any atom is 0.165 e. The first-order valence-electron chi connectivity index (χ1n) is 9.85. The molecule has 0 amide bonds. The molecular formula is C25H23ClO3. The molecule has 0 N–H and O–H groups in total. The van der Waals surface area contributed by atoms with E-state index in [9.17, 15) is 14.4 Å². The number of benzene rings is 3. The van der Waals surface area contributed by atoms with Gasteiger partial charge in [0.25, 0.3) is 0 Å². The predicted molar refractivity (Wildman–Crippen MR) is 118 cm³/mol. The Labute approximate surface area is 175 Å². The molecule has 0 saturated heterocycles. The van der Waals surface area contributed by atoms with Gasteiger partial charge in [-0.15, -0.1) is 0 Å². The number of aldehydes is 2. The third-order valence-electron chi connectivity index (χ3n) is 5.40. The van der Waals surface area contributed by atoms with Crippen LogP contribution < -0.4 is 0 Å². The fraction of sp³-hybridized carbons (Fsp3) is 0.240. The van der Waals surface area contributed by atoms with E-state index in [1.165, 1.54) is 0 Å². The van der Waals surface area contributed by atoms with E-state index in [1.807, 2.05) is 37.3 Å². The molecule has 3 rings (SSSR count). The molecule has 1 atom stereocenters. The summed E-state index contributed by atoms with van der Waals surface area (Å²) in [5.41, 5.74) is 3.04. The van der Waals surface area contributed by atoms with Gasteiger partial charge in [0.1, 0.15) is 0 Å². The first-order chi connectivity index (χ1) is 14.0. The Balaban J connectivity index is 2.08. The highest BCUT2D eigenvalue weighted by molar-refractivity contribution is 6.33. The lowest BCUT2D eigenvalue weighted by atomic mass is 9.89. The number of halogens is 1. The number of carbonyl (C=O) groups is 3. The van der Waals surface area contributed by atoms with Crippen molar-refractivity contribution in [2.45, 2.75) is 33.1 Å². The van der Waals surface area contributed by atoms with Crippen molar-refractivity contribution in [1.82, 2.24) is 0 Å². The Morgan fingerprint density at radius 3 is 2.45 bits per heavy atom. The van der Waals surface area contributed by atoms with Gasteiger partial charge < -0.3 is 0 Å². The summed E-state index contributed by atoms with van der Waals surface area (Å²) in [7, 11) is 0. The van der Waals surface area contributed by atoms with E-state index in [1.54, 1.807) is 18.2 Å². The Morgan fingerprint density at radius 2 is 1.79 bits per heavy atom. The summed E-state index contributed by atoms with van der Waals surface area (Å²) in [6.07, 6.45) is 4.04. The molecule has 0 spiro atoms. The third-order valence-corrected chi connectivity index (χ3v) is 5.73. The minimum absolute atomic E-state index is 0.0162. The van der Waals surface area contributed by atoms with Gasteiger partial charge in [0, 0.05) is 33.2 Å². The minimum Gasteiger partial charge on any atom is -0.298 e. The second-order valence-corrected chi connectivity index (χ2v) is 7.60. The Bertz CT molecular complexity index is 1080. The monoisotopic (exact) mass is 406 g/mol. The van der Waals surface area contributed by atoms with E-state index >= 15 is 0 Å². The fourth-order valence-electron chi connectivity index (χ4n) is 3.78. The molecular weight excluding hydrogens is 384 g/mol. The smallest absolute Gasteiger partial charge is 0.165 e. The molecule has 0 saturated carbocycles. The molecule has 4 heteroatoms. The summed E-state index contributed by atoms with van der Waals surface area (Å²) in [5, 5.41) is 2.11. The van der Waals surface area contributed by atoms with Gasteiger partial charge in [-0.1, -0.05) is 56.1 Å². The van der Waals surface area contributed by atoms with Crippen LogP contribution in [-0.2, 0) is 0 Å². The quantitative estimate of drug-likeness (QED) is 0.305. The van der Waals surface area contributed by atoms with Crippen LogP contribution in [0, 0.1) is 5.92 Å². The molecule has 0 aliphatic carbocycles. The average molecular weight is 407 g/mol. The van der Waals surface area contributed by atoms with Crippen molar-refractivity contribution in [3.63, 3.8) is 0 Å². The third kappa shape index (κ3) is 4.15. The van der Waals surface area contributed by atoms with Gasteiger partial charge in [-0.3, -0.25) is 14.4 Å². The van der Waals surface area contributed by atoms with Crippen molar-refractivity contribution in [1.29, 1.82) is 0 Å². The summed E-state index contributed by atoms with van der Waals surface area (Å²) in [6.45, 7) is 4.12. The van der Waals surface area contributed by atoms with Crippen molar-refractivity contribution in [2.24, 2.45) is 5.92 Å². The maximum atomic E-state index is 12.9. The first-order valence-corrected chi connectivity index (χ1v) is 10.2. The summed E-state index contributed by atoms with van der Waals surface area (Å²) < 4.78 is 0. The van der Waals surface area contributed by atoms with Crippen LogP contribution in [0.3, 0.4) is 0 Å². The van der Waals surface area contributed by atoms with Gasteiger partial charge in [-0.2, -0.15) is 0 Å². The van der Waals surface area contributed by atoms with Crippen LogP contribution in [0.2, 0.25) is 5.02 Å². The minimum atomic E-state index is 0.0162. The van der Waals surface area contributed by atoms with Gasteiger partial charge in [0.15, 0.2) is 18.4 Å². The van der Waals surface area contributed by atoms with Gasteiger partial charge >= 0.3 is 0 Å². The van der Waals surface area contributed by atoms with Crippen molar-refractivity contribution < 1.29 is 14.4 Å². The Hall–Kier alpha value is -2.78. The number of hydrogen-bond acceptors (Lipinski definition) is 3. The summed E-state index contributed by atoms with van der Waals surface area (Å²) in [4.78, 5) is 35.6. The lowest BCUT2D eigenvalue weighted by molar-refractivity contribution is 0.0909. The summed E-state index contributed by atoms with van der Waals surface area (Å²) in [6, 6.07) is 14.5. The van der Waals surface area contributed by atoms with Crippen LogP contribution >= 0.6 is 11.6 Å². The highest BCUT2D eigenvalue weighted by Gasteiger charge is 2.19. The van der Waals surface area contributed by atoms with Crippen LogP contribution in [-0.4, -0.2) is 18.4 Å². The summed E-state index contributed by atoms with van der Waals surface area (Å²) in [5.74, 6) is 0.162. The molecule has 3 nitrogen and oxygen atoms in total. The molecule has 148 valence electrons. The van der Waals surface area contributed by atoms with Gasteiger partial charge in [-0.25, -0.2) is 0 Å². The first kappa shape index (κ1) is 20.9. The standard InChI is InChI=1S/C25H23ClO3/c1-3-5-16(4-2)25(29)19-9-11-24(26)22(13-19)18-8-10-21-17(12-18)6-7-20(14-27)23(21)15-28/h6-16H,3-5H2,1-2H3. The topological polar surface area (TPSA) is 51.2 Å². The average Bonchev–Trinajstić information content (AvgIpc) is 2.76. The molecule has 29 heavy (non-hydrogen) atoms. The van der Waals surface area contributed by atoms with Crippen LogP contribution in [0.4, 0.5) is 0 Å². The van der Waals surface area contributed by atoms with Crippen LogP contribution in [0.25, 0.3) is 21.9 Å². The van der Waals surface area contributed by atoms with E-state index < -0.39 is 0 Å². The number of carbonyl (C=O) groups excluding carboxylic acids is 3. The SMILES string of the molecule is CCCC(CC)C(=O)c1ccc(Cl)c(-c2ccc3c(C=O)c(C=O)ccc3c2)c1. The van der Waals surface area contributed by atoms with E-state index in [4.69, 9.17) is 11.6 Å². The lowest BCUT2D eigenvalue weighted by Crippen LogP contribution is -2.13. The Morgan fingerprint density at radius 1 is 1.00 bits per heavy atom. The Kier molecular flexibility index (Phi) is 6.60. The summed E-state index contributed by atoms with van der Waals surface area (Å²) >= 11 is 6.45. The molecule has 0 aliphatic rings. The van der Waals surface area contributed by atoms with E-state index in [-0.39, 0.29) is 11.7 Å². The molecule has 3 aromatic carbocycles. The van der Waals surface area contributed by atoms with Crippen molar-refractivity contribution >= 4 is 40.7 Å². The number of rotatable bonds is 8. The zero-order chi connectivity index (χ0) is 21.0. The highest BCUT2D eigenvalue weighted by atomic mass is 35.5. The molecule has 0 heterocycles. The van der Waals surface area contributed by atoms with Crippen LogP contribution in [0.1, 0.15) is 64.2 Å². The maximum absolute atomic E-state index is 12.9. The van der Waals surface area contributed by atoms with Crippen molar-refractivity contribution in [2.75, 3.05) is 0 Å². The predicted octanol–water partition coefficient (Wildman–Crippen LogP) is 6.79. The number of hydrogen-bond donors (Lipinski definition) is 0. The lowest BCUT2D eigenvalue weighted by Gasteiger charge is -2.14. The molecule has 0 radical (unpaired) electrons. The molecule has 0 aliphatic heterocycles. The number of Topliss-reactive ketones (excluding diaryl/α,β-unsaturated/α-hetero) is 1. The largest absolute Gasteiger partial charge is 0.298 e. The number of ketones is 1. The fourth-order valence-corrected chi connectivity index (χ4v) is 4.00. The zero-order valence-corrected chi connectivity index (χ0v) is 17.3. The highest BCUT2D eigenvalue weighted by Crippen LogP contribution is 2.33. The molecule has 0 aromatic heterocycles. The molecule has 3 aromatic rings. The van der Waals surface area contributed by atoms with Gasteiger partial charge in [0.2, 0.25) is 0 Å². The second-order valence-electron chi connectivity index (χ2n) is 7.19. The second kappa shape index (κ2) is 9.15. The van der Waals surface area contributed by atoms with Crippen molar-refractivity contribution in [3.8, 4) is 11.1 Å². The van der Waals surface area contributed by atoms with Gasteiger partial charge in [0.05, 0.1) is 0 Å².